The van der Waals surface area contributed by atoms with Crippen molar-refractivity contribution >= 4 is 11.8 Å². The summed E-state index contributed by atoms with van der Waals surface area (Å²) in [4.78, 5) is 22.9. The maximum absolute atomic E-state index is 11.9. The van der Waals surface area contributed by atoms with Gasteiger partial charge < -0.3 is 25.8 Å². The van der Waals surface area contributed by atoms with Gasteiger partial charge >= 0.3 is 0 Å². The van der Waals surface area contributed by atoms with Gasteiger partial charge in [0.15, 0.2) is 11.5 Å². The molecule has 0 bridgehead atoms. The minimum absolute atomic E-state index is 0.103. The highest BCUT2D eigenvalue weighted by atomic mass is 16.5. The lowest BCUT2D eigenvalue weighted by Crippen LogP contribution is -2.40. The Balaban J connectivity index is 2.65. The van der Waals surface area contributed by atoms with Gasteiger partial charge in [-0.2, -0.15) is 0 Å². The van der Waals surface area contributed by atoms with E-state index >= 15 is 0 Å². The fourth-order valence-electron chi connectivity index (χ4n) is 2.10. The molecule has 0 saturated carbocycles. The van der Waals surface area contributed by atoms with E-state index < -0.39 is 0 Å². The van der Waals surface area contributed by atoms with Crippen molar-refractivity contribution in [1.29, 1.82) is 0 Å². The van der Waals surface area contributed by atoms with Gasteiger partial charge in [0.2, 0.25) is 11.8 Å². The van der Waals surface area contributed by atoms with Crippen LogP contribution in [0.1, 0.15) is 38.8 Å². The molecule has 2 amide bonds. The van der Waals surface area contributed by atoms with Crippen LogP contribution < -0.4 is 25.8 Å². The third kappa shape index (κ3) is 7.43. The standard InChI is InChI=1S/C18H29N3O4/c1-12(2)7-8-25-15-6-5-14(9-16(15)24-4)13(3)21-18(23)11-20-17(22)10-19/h5-6,9,12-13H,7-8,10-11,19H2,1-4H3,(H,20,22)(H,21,23). The summed E-state index contributed by atoms with van der Waals surface area (Å²) >= 11 is 0. The molecule has 7 nitrogen and oxygen atoms in total. The zero-order chi connectivity index (χ0) is 18.8. The topological polar surface area (TPSA) is 103 Å². The first kappa shape index (κ1) is 20.8. The van der Waals surface area contributed by atoms with Crippen molar-refractivity contribution in [3.63, 3.8) is 0 Å². The van der Waals surface area contributed by atoms with Crippen LogP contribution >= 0.6 is 0 Å². The van der Waals surface area contributed by atoms with Crippen LogP contribution in [0.5, 0.6) is 11.5 Å². The second kappa shape index (κ2) is 10.6. The minimum atomic E-state index is -0.368. The number of nitrogens with one attached hydrogen (secondary N) is 2. The molecule has 25 heavy (non-hydrogen) atoms. The van der Waals surface area contributed by atoms with E-state index in [-0.39, 0.29) is 30.9 Å². The molecule has 0 aliphatic carbocycles. The summed E-state index contributed by atoms with van der Waals surface area (Å²) in [5, 5.41) is 5.25. The molecule has 0 heterocycles. The lowest BCUT2D eigenvalue weighted by molar-refractivity contribution is -0.125. The average Bonchev–Trinajstić information content (AvgIpc) is 2.59. The molecule has 1 unspecified atom stereocenters. The Kier molecular flexibility index (Phi) is 8.77. The van der Waals surface area contributed by atoms with Gasteiger partial charge in [0.05, 0.1) is 32.8 Å². The normalized spacial score (nSPS) is 11.8. The summed E-state index contributed by atoms with van der Waals surface area (Å²) in [7, 11) is 1.58. The molecule has 1 aromatic rings. The van der Waals surface area contributed by atoms with Gasteiger partial charge in [-0.15, -0.1) is 0 Å². The molecule has 0 aliphatic rings. The van der Waals surface area contributed by atoms with Crippen molar-refractivity contribution in [2.45, 2.75) is 33.2 Å². The smallest absolute Gasteiger partial charge is 0.239 e. The quantitative estimate of drug-likeness (QED) is 0.591. The zero-order valence-corrected chi connectivity index (χ0v) is 15.4. The number of carbonyl (C=O) groups is 2. The third-order valence-corrected chi connectivity index (χ3v) is 3.65. The molecule has 1 rings (SSSR count). The van der Waals surface area contributed by atoms with E-state index in [2.05, 4.69) is 24.5 Å². The minimum Gasteiger partial charge on any atom is -0.493 e. The summed E-state index contributed by atoms with van der Waals surface area (Å²) in [5.41, 5.74) is 6.06. The van der Waals surface area contributed by atoms with Crippen molar-refractivity contribution in [3.05, 3.63) is 23.8 Å². The Morgan fingerprint density at radius 3 is 2.48 bits per heavy atom. The number of rotatable bonds is 10. The maximum atomic E-state index is 11.9. The van der Waals surface area contributed by atoms with Gasteiger partial charge in [-0.05, 0) is 37.0 Å². The van der Waals surface area contributed by atoms with Crippen LogP contribution in [0.3, 0.4) is 0 Å². The number of nitrogens with two attached hydrogens (primary N) is 1. The van der Waals surface area contributed by atoms with E-state index in [9.17, 15) is 9.59 Å². The van der Waals surface area contributed by atoms with Crippen LogP contribution in [-0.2, 0) is 9.59 Å². The lowest BCUT2D eigenvalue weighted by atomic mass is 10.1. The molecule has 0 radical (unpaired) electrons. The largest absolute Gasteiger partial charge is 0.493 e. The zero-order valence-electron chi connectivity index (χ0n) is 15.4. The van der Waals surface area contributed by atoms with Gasteiger partial charge in [-0.1, -0.05) is 19.9 Å². The van der Waals surface area contributed by atoms with Gasteiger partial charge in [-0.3, -0.25) is 9.59 Å². The monoisotopic (exact) mass is 351 g/mol. The van der Waals surface area contributed by atoms with Crippen molar-refractivity contribution in [3.8, 4) is 11.5 Å². The average molecular weight is 351 g/mol. The van der Waals surface area contributed by atoms with E-state index in [0.717, 1.165) is 12.0 Å². The number of amides is 2. The SMILES string of the molecule is COc1cc(C(C)NC(=O)CNC(=O)CN)ccc1OCCC(C)C. The van der Waals surface area contributed by atoms with Gasteiger partial charge in [0.1, 0.15) is 0 Å². The fourth-order valence-corrected chi connectivity index (χ4v) is 2.10. The number of methoxy groups -OCH3 is 1. The molecule has 1 atom stereocenters. The Morgan fingerprint density at radius 2 is 1.88 bits per heavy atom. The molecular formula is C18H29N3O4. The fraction of sp³-hybridized carbons (Fsp3) is 0.556. The maximum Gasteiger partial charge on any atom is 0.239 e. The highest BCUT2D eigenvalue weighted by molar-refractivity contribution is 5.85. The molecule has 0 aliphatic heterocycles. The second-order valence-electron chi connectivity index (χ2n) is 6.21. The molecule has 0 spiro atoms. The molecule has 0 aromatic heterocycles. The van der Waals surface area contributed by atoms with E-state index in [0.29, 0.717) is 24.0 Å². The third-order valence-electron chi connectivity index (χ3n) is 3.65. The molecule has 140 valence electrons. The molecular weight excluding hydrogens is 322 g/mol. The first-order chi connectivity index (χ1) is 11.9. The van der Waals surface area contributed by atoms with Crippen LogP contribution in [0.4, 0.5) is 0 Å². The number of hydrogen-bond donors (Lipinski definition) is 3. The van der Waals surface area contributed by atoms with Crippen LogP contribution in [-0.4, -0.2) is 38.6 Å². The van der Waals surface area contributed by atoms with Crippen LogP contribution in [0.15, 0.2) is 18.2 Å². The Morgan fingerprint density at radius 1 is 1.16 bits per heavy atom. The molecule has 4 N–H and O–H groups in total. The van der Waals surface area contributed by atoms with Gasteiger partial charge in [0.25, 0.3) is 0 Å². The molecule has 1 aromatic carbocycles. The van der Waals surface area contributed by atoms with Gasteiger partial charge in [-0.25, -0.2) is 0 Å². The van der Waals surface area contributed by atoms with E-state index in [1.54, 1.807) is 7.11 Å². The Bertz CT molecular complexity index is 575. The first-order valence-electron chi connectivity index (χ1n) is 8.44. The van der Waals surface area contributed by atoms with Crippen LogP contribution in [0, 0.1) is 5.92 Å². The Hall–Kier alpha value is -2.28. The van der Waals surface area contributed by atoms with Crippen LogP contribution in [0.25, 0.3) is 0 Å². The van der Waals surface area contributed by atoms with Crippen molar-refractivity contribution in [2.75, 3.05) is 26.8 Å². The van der Waals surface area contributed by atoms with E-state index in [1.807, 2.05) is 25.1 Å². The van der Waals surface area contributed by atoms with Crippen LogP contribution in [0.2, 0.25) is 0 Å². The number of ether oxygens (including phenoxy) is 2. The lowest BCUT2D eigenvalue weighted by Gasteiger charge is -2.17. The van der Waals surface area contributed by atoms with Crippen molar-refractivity contribution in [1.82, 2.24) is 10.6 Å². The van der Waals surface area contributed by atoms with E-state index in [4.69, 9.17) is 15.2 Å². The molecule has 0 fully saturated rings. The summed E-state index contributed by atoms with van der Waals surface area (Å²) in [6, 6.07) is 5.33. The highest BCUT2D eigenvalue weighted by Gasteiger charge is 2.13. The molecule has 7 heteroatoms. The summed E-state index contributed by atoms with van der Waals surface area (Å²) in [6.45, 7) is 6.53. The van der Waals surface area contributed by atoms with Crippen molar-refractivity contribution < 1.29 is 19.1 Å². The molecule has 0 saturated heterocycles. The Labute approximate surface area is 149 Å². The summed E-state index contributed by atoms with van der Waals surface area (Å²) < 4.78 is 11.1. The number of hydrogen-bond acceptors (Lipinski definition) is 5. The predicted molar refractivity (Wildman–Crippen MR) is 96.6 cm³/mol. The number of benzene rings is 1. The first-order valence-corrected chi connectivity index (χ1v) is 8.44. The van der Waals surface area contributed by atoms with Crippen molar-refractivity contribution in [2.24, 2.45) is 11.7 Å². The highest BCUT2D eigenvalue weighted by Crippen LogP contribution is 2.30. The van der Waals surface area contributed by atoms with Gasteiger partial charge in [0, 0.05) is 0 Å². The number of carbonyl (C=O) groups excluding carboxylic acids is 2. The summed E-state index contributed by atoms with van der Waals surface area (Å²) in [5.74, 6) is 1.22. The van der Waals surface area contributed by atoms with E-state index in [1.165, 1.54) is 0 Å². The predicted octanol–water partition coefficient (Wildman–Crippen LogP) is 1.37. The second-order valence-corrected chi connectivity index (χ2v) is 6.21. The summed E-state index contributed by atoms with van der Waals surface area (Å²) in [6.07, 6.45) is 0.964.